The van der Waals surface area contributed by atoms with Crippen molar-refractivity contribution in [2.45, 2.75) is 64.6 Å². The summed E-state index contributed by atoms with van der Waals surface area (Å²) in [5, 5.41) is 6.86. The molecule has 2 fully saturated rings. The maximum absolute atomic E-state index is 11.9. The zero-order valence-electron chi connectivity index (χ0n) is 18.2. The number of carbonyl (C=O) groups is 2. The van der Waals surface area contributed by atoms with Gasteiger partial charge in [0.15, 0.2) is 5.96 Å². The van der Waals surface area contributed by atoms with Gasteiger partial charge in [-0.05, 0) is 50.2 Å². The highest BCUT2D eigenvalue weighted by molar-refractivity contribution is 5.80. The van der Waals surface area contributed by atoms with E-state index in [-0.39, 0.29) is 17.8 Å². The first-order valence-corrected chi connectivity index (χ1v) is 11.1. The molecular weight excluding hydrogens is 380 g/mol. The monoisotopic (exact) mass is 414 g/mol. The van der Waals surface area contributed by atoms with Crippen LogP contribution < -0.4 is 10.6 Å². The van der Waals surface area contributed by atoms with Gasteiger partial charge in [0.25, 0.3) is 0 Å². The lowest BCUT2D eigenvalue weighted by atomic mass is 9.86. The largest absolute Gasteiger partial charge is 0.466 e. The second-order valence-corrected chi connectivity index (χ2v) is 8.11. The van der Waals surface area contributed by atoms with E-state index in [0.717, 1.165) is 55.7 Å². The van der Waals surface area contributed by atoms with Crippen molar-refractivity contribution in [3.8, 4) is 0 Å². The molecular formula is C23H34N4O3. The Morgan fingerprint density at radius 2 is 2.00 bits per heavy atom. The minimum Gasteiger partial charge on any atom is -0.466 e. The Labute approximate surface area is 179 Å². The van der Waals surface area contributed by atoms with Crippen molar-refractivity contribution in [2.75, 3.05) is 20.2 Å². The number of guanidine groups is 1. The van der Waals surface area contributed by atoms with E-state index in [1.165, 1.54) is 0 Å². The minimum absolute atomic E-state index is 0.0307. The van der Waals surface area contributed by atoms with Crippen molar-refractivity contribution in [3.63, 3.8) is 0 Å². The molecule has 1 heterocycles. The first-order chi connectivity index (χ1) is 14.6. The van der Waals surface area contributed by atoms with E-state index in [2.05, 4.69) is 33.8 Å². The average Bonchev–Trinajstić information content (AvgIpc) is 3.16. The normalized spacial score (nSPS) is 22.1. The fourth-order valence-electron chi connectivity index (χ4n) is 4.24. The van der Waals surface area contributed by atoms with Crippen LogP contribution in [0, 0.1) is 5.92 Å². The molecule has 7 heteroatoms. The van der Waals surface area contributed by atoms with E-state index in [4.69, 9.17) is 4.74 Å². The lowest BCUT2D eigenvalue weighted by molar-refractivity contribution is -0.149. The Hall–Kier alpha value is -2.57. The molecule has 3 rings (SSSR count). The summed E-state index contributed by atoms with van der Waals surface area (Å²) in [6, 6.07) is 8.66. The summed E-state index contributed by atoms with van der Waals surface area (Å²) in [4.78, 5) is 30.0. The Morgan fingerprint density at radius 3 is 2.67 bits per heavy atom. The van der Waals surface area contributed by atoms with Gasteiger partial charge in [-0.2, -0.15) is 0 Å². The molecule has 0 unspecified atom stereocenters. The predicted octanol–water partition coefficient (Wildman–Crippen LogP) is 2.60. The second-order valence-electron chi connectivity index (χ2n) is 8.11. The number of amides is 1. The van der Waals surface area contributed by atoms with Crippen molar-refractivity contribution in [1.29, 1.82) is 0 Å². The van der Waals surface area contributed by atoms with Crippen molar-refractivity contribution in [3.05, 3.63) is 35.4 Å². The molecule has 1 amide bonds. The van der Waals surface area contributed by atoms with Crippen molar-refractivity contribution < 1.29 is 14.3 Å². The van der Waals surface area contributed by atoms with Crippen LogP contribution in [0.25, 0.3) is 0 Å². The van der Waals surface area contributed by atoms with Crippen LogP contribution in [-0.4, -0.2) is 49.0 Å². The number of ether oxygens (including phenoxy) is 1. The quantitative estimate of drug-likeness (QED) is 0.407. The van der Waals surface area contributed by atoms with Gasteiger partial charge in [0.05, 0.1) is 12.5 Å². The number of aliphatic imine (C=N–C) groups is 1. The number of carbonyl (C=O) groups excluding carboxylic acids is 2. The van der Waals surface area contributed by atoms with Crippen LogP contribution in [0.2, 0.25) is 0 Å². The van der Waals surface area contributed by atoms with E-state index in [9.17, 15) is 9.59 Å². The van der Waals surface area contributed by atoms with Crippen LogP contribution in [0.4, 0.5) is 0 Å². The molecule has 2 aliphatic rings. The van der Waals surface area contributed by atoms with Gasteiger partial charge in [-0.25, -0.2) is 0 Å². The fraction of sp³-hybridized carbons (Fsp3) is 0.609. The van der Waals surface area contributed by atoms with Gasteiger partial charge in [-0.3, -0.25) is 14.6 Å². The number of benzene rings is 1. The number of nitrogens with one attached hydrogen (secondary N) is 2. The van der Waals surface area contributed by atoms with Gasteiger partial charge in [0.1, 0.15) is 0 Å². The highest BCUT2D eigenvalue weighted by Crippen LogP contribution is 2.25. The van der Waals surface area contributed by atoms with Gasteiger partial charge in [-0.1, -0.05) is 24.3 Å². The van der Waals surface area contributed by atoms with Gasteiger partial charge in [0, 0.05) is 39.1 Å². The molecule has 1 aliphatic carbocycles. The molecule has 0 spiro atoms. The maximum Gasteiger partial charge on any atom is 0.308 e. The Balaban J connectivity index is 1.45. The number of hydrogen-bond acceptors (Lipinski definition) is 4. The molecule has 2 N–H and O–H groups in total. The van der Waals surface area contributed by atoms with Crippen molar-refractivity contribution in [1.82, 2.24) is 15.5 Å². The summed E-state index contributed by atoms with van der Waals surface area (Å²) < 4.78 is 5.15. The van der Waals surface area contributed by atoms with Gasteiger partial charge in [0.2, 0.25) is 5.91 Å². The zero-order chi connectivity index (χ0) is 21.3. The number of nitrogens with zero attached hydrogens (tertiary/aromatic N) is 2. The first-order valence-electron chi connectivity index (χ1n) is 11.1. The van der Waals surface area contributed by atoms with Gasteiger partial charge < -0.3 is 20.3 Å². The molecule has 1 aromatic carbocycles. The van der Waals surface area contributed by atoms with E-state index < -0.39 is 0 Å². The number of hydrogen-bond donors (Lipinski definition) is 2. The number of rotatable bonds is 7. The summed E-state index contributed by atoms with van der Waals surface area (Å²) in [6.07, 6.45) is 5.21. The van der Waals surface area contributed by atoms with E-state index in [0.29, 0.717) is 32.2 Å². The third-order valence-corrected chi connectivity index (χ3v) is 5.91. The van der Waals surface area contributed by atoms with Crippen LogP contribution in [0.1, 0.15) is 56.6 Å². The standard InChI is InChI=1S/C23H34N4O3/c1-3-30-22(29)19-9-11-20(12-10-19)26-23(24-2)25-15-17-6-4-7-18(14-17)16-27-13-5-8-21(27)28/h4,6-7,14,19-20H,3,5,8-13,15-16H2,1-2H3,(H2,24,25,26). The highest BCUT2D eigenvalue weighted by Gasteiger charge is 2.27. The zero-order valence-corrected chi connectivity index (χ0v) is 18.2. The third kappa shape index (κ3) is 6.21. The van der Waals surface area contributed by atoms with Crippen molar-refractivity contribution in [2.24, 2.45) is 10.9 Å². The van der Waals surface area contributed by atoms with Crippen LogP contribution in [0.15, 0.2) is 29.3 Å². The smallest absolute Gasteiger partial charge is 0.308 e. The molecule has 0 radical (unpaired) electrons. The molecule has 0 aromatic heterocycles. The topological polar surface area (TPSA) is 83.0 Å². The third-order valence-electron chi connectivity index (χ3n) is 5.91. The Bertz CT molecular complexity index is 757. The lowest BCUT2D eigenvalue weighted by Crippen LogP contribution is -2.45. The summed E-state index contributed by atoms with van der Waals surface area (Å²) in [5.41, 5.74) is 2.32. The second kappa shape index (κ2) is 11.0. The van der Waals surface area contributed by atoms with E-state index in [1.807, 2.05) is 17.9 Å². The van der Waals surface area contributed by atoms with Gasteiger partial charge >= 0.3 is 5.97 Å². The summed E-state index contributed by atoms with van der Waals surface area (Å²) in [6.45, 7) is 4.50. The summed E-state index contributed by atoms with van der Waals surface area (Å²) in [7, 11) is 1.77. The van der Waals surface area contributed by atoms with Gasteiger partial charge in [-0.15, -0.1) is 0 Å². The minimum atomic E-state index is -0.0611. The Kier molecular flexibility index (Phi) is 8.11. The molecule has 1 saturated carbocycles. The molecule has 0 bridgehead atoms. The first kappa shape index (κ1) is 22.1. The lowest BCUT2D eigenvalue weighted by Gasteiger charge is -2.29. The summed E-state index contributed by atoms with van der Waals surface area (Å²) in [5.74, 6) is 0.993. The maximum atomic E-state index is 11.9. The molecule has 7 nitrogen and oxygen atoms in total. The molecule has 0 atom stereocenters. The van der Waals surface area contributed by atoms with Crippen molar-refractivity contribution >= 4 is 17.8 Å². The SMILES string of the molecule is CCOC(=O)C1CCC(NC(=NC)NCc2cccc(CN3CCCC3=O)c2)CC1. The number of esters is 1. The molecule has 30 heavy (non-hydrogen) atoms. The van der Waals surface area contributed by atoms with Crippen LogP contribution >= 0.6 is 0 Å². The molecule has 1 aliphatic heterocycles. The van der Waals surface area contributed by atoms with Crippen LogP contribution in [0.5, 0.6) is 0 Å². The fourth-order valence-corrected chi connectivity index (χ4v) is 4.24. The average molecular weight is 415 g/mol. The van der Waals surface area contributed by atoms with Crippen LogP contribution in [-0.2, 0) is 27.4 Å². The number of likely N-dealkylation sites (tertiary alicyclic amines) is 1. The predicted molar refractivity (Wildman–Crippen MR) is 117 cm³/mol. The highest BCUT2D eigenvalue weighted by atomic mass is 16.5. The Morgan fingerprint density at radius 1 is 1.23 bits per heavy atom. The van der Waals surface area contributed by atoms with E-state index >= 15 is 0 Å². The van der Waals surface area contributed by atoms with Crippen LogP contribution in [0.3, 0.4) is 0 Å². The molecule has 1 aromatic rings. The van der Waals surface area contributed by atoms with E-state index in [1.54, 1.807) is 7.05 Å². The molecule has 1 saturated heterocycles. The molecule has 164 valence electrons. The summed E-state index contributed by atoms with van der Waals surface area (Å²) >= 11 is 0.